The van der Waals surface area contributed by atoms with Gasteiger partial charge in [0, 0.05) is 23.3 Å². The Hall–Kier alpha value is -1.81. The second kappa shape index (κ2) is 6.38. The summed E-state index contributed by atoms with van der Waals surface area (Å²) in [5, 5.41) is 3.80. The van der Waals surface area contributed by atoms with Crippen LogP contribution in [0.2, 0.25) is 5.02 Å². The Morgan fingerprint density at radius 3 is 2.53 bits per heavy atom. The minimum Gasteiger partial charge on any atom is -0.435 e. The molecule has 0 aliphatic carbocycles. The predicted octanol–water partition coefficient (Wildman–Crippen LogP) is 4.55. The number of benzene rings is 2. The van der Waals surface area contributed by atoms with Crippen molar-refractivity contribution in [2.45, 2.75) is 13.2 Å². The molecule has 0 saturated heterocycles. The van der Waals surface area contributed by atoms with Gasteiger partial charge in [-0.25, -0.2) is 0 Å². The predicted molar refractivity (Wildman–Crippen MR) is 71.9 cm³/mol. The van der Waals surface area contributed by atoms with Crippen molar-refractivity contribution < 1.29 is 13.5 Å². The monoisotopic (exact) mass is 283 g/mol. The molecule has 0 saturated carbocycles. The van der Waals surface area contributed by atoms with E-state index in [-0.39, 0.29) is 5.75 Å². The maximum absolute atomic E-state index is 12.1. The van der Waals surface area contributed by atoms with E-state index in [1.165, 1.54) is 12.1 Å². The lowest BCUT2D eigenvalue weighted by molar-refractivity contribution is -0.0498. The molecule has 1 N–H and O–H groups in total. The minimum atomic E-state index is -2.81. The van der Waals surface area contributed by atoms with Gasteiger partial charge in [-0.2, -0.15) is 8.78 Å². The van der Waals surface area contributed by atoms with Crippen LogP contribution in [0.15, 0.2) is 48.5 Å². The van der Waals surface area contributed by atoms with E-state index in [1.807, 2.05) is 12.1 Å². The van der Waals surface area contributed by atoms with Crippen molar-refractivity contribution in [3.63, 3.8) is 0 Å². The fourth-order valence-electron chi connectivity index (χ4n) is 1.59. The maximum Gasteiger partial charge on any atom is 0.387 e. The summed E-state index contributed by atoms with van der Waals surface area (Å²) in [4.78, 5) is 0. The second-order valence-electron chi connectivity index (χ2n) is 3.89. The van der Waals surface area contributed by atoms with Crippen LogP contribution in [0.1, 0.15) is 5.56 Å². The molecule has 19 heavy (non-hydrogen) atoms. The van der Waals surface area contributed by atoms with Crippen molar-refractivity contribution in [1.29, 1.82) is 0 Å². The summed E-state index contributed by atoms with van der Waals surface area (Å²) in [7, 11) is 0. The summed E-state index contributed by atoms with van der Waals surface area (Å²) >= 11 is 5.79. The average Bonchev–Trinajstić information content (AvgIpc) is 2.38. The van der Waals surface area contributed by atoms with Crippen molar-refractivity contribution in [2.75, 3.05) is 5.32 Å². The molecule has 0 unspecified atom stereocenters. The van der Waals surface area contributed by atoms with Crippen molar-refractivity contribution in [2.24, 2.45) is 0 Å². The molecule has 0 bridgehead atoms. The zero-order valence-corrected chi connectivity index (χ0v) is 10.7. The zero-order chi connectivity index (χ0) is 13.7. The van der Waals surface area contributed by atoms with Gasteiger partial charge in [-0.15, -0.1) is 0 Å². The topological polar surface area (TPSA) is 21.3 Å². The van der Waals surface area contributed by atoms with Gasteiger partial charge in [0.2, 0.25) is 0 Å². The first kappa shape index (κ1) is 13.6. The number of nitrogens with one attached hydrogen (secondary N) is 1. The van der Waals surface area contributed by atoms with E-state index in [0.717, 1.165) is 5.56 Å². The first-order chi connectivity index (χ1) is 9.13. The summed E-state index contributed by atoms with van der Waals surface area (Å²) in [5.41, 5.74) is 1.76. The molecule has 0 aliphatic heterocycles. The van der Waals surface area contributed by atoms with Gasteiger partial charge in [-0.05, 0) is 29.8 Å². The molecule has 0 heterocycles. The smallest absolute Gasteiger partial charge is 0.387 e. The quantitative estimate of drug-likeness (QED) is 0.869. The highest BCUT2D eigenvalue weighted by Gasteiger charge is 2.04. The number of alkyl halides is 2. The normalized spacial score (nSPS) is 10.5. The standard InChI is InChI=1S/C14H12ClF2NO/c15-11-6-4-10(5-7-11)9-18-12-2-1-3-13(8-12)19-14(16)17/h1-8,14,18H,9H2. The van der Waals surface area contributed by atoms with Crippen LogP contribution in [-0.2, 0) is 6.54 Å². The van der Waals surface area contributed by atoms with Crippen molar-refractivity contribution in [1.82, 2.24) is 0 Å². The molecule has 2 rings (SSSR count). The number of ether oxygens (including phenoxy) is 1. The molecule has 2 nitrogen and oxygen atoms in total. The summed E-state index contributed by atoms with van der Waals surface area (Å²) in [6, 6.07) is 13.9. The van der Waals surface area contributed by atoms with E-state index in [0.29, 0.717) is 17.3 Å². The van der Waals surface area contributed by atoms with Gasteiger partial charge >= 0.3 is 6.61 Å². The third-order valence-corrected chi connectivity index (χ3v) is 2.72. The second-order valence-corrected chi connectivity index (χ2v) is 4.32. The zero-order valence-electron chi connectivity index (χ0n) is 9.95. The molecule has 2 aromatic rings. The van der Waals surface area contributed by atoms with Crippen LogP contribution in [0, 0.1) is 0 Å². The Kier molecular flexibility index (Phi) is 4.58. The number of halogens is 3. The summed E-state index contributed by atoms with van der Waals surface area (Å²) in [6.45, 7) is -2.23. The van der Waals surface area contributed by atoms with Crippen molar-refractivity contribution in [3.05, 3.63) is 59.1 Å². The molecule has 0 radical (unpaired) electrons. The molecule has 2 aromatic carbocycles. The lowest BCUT2D eigenvalue weighted by atomic mass is 10.2. The Bertz CT molecular complexity index is 531. The van der Waals surface area contributed by atoms with Crippen LogP contribution in [0.25, 0.3) is 0 Å². The van der Waals surface area contributed by atoms with E-state index in [9.17, 15) is 8.78 Å². The van der Waals surface area contributed by atoms with E-state index in [2.05, 4.69) is 10.1 Å². The Labute approximate surface area is 115 Å². The minimum absolute atomic E-state index is 0.135. The highest BCUT2D eigenvalue weighted by molar-refractivity contribution is 6.30. The highest BCUT2D eigenvalue weighted by Crippen LogP contribution is 2.20. The van der Waals surface area contributed by atoms with E-state index < -0.39 is 6.61 Å². The van der Waals surface area contributed by atoms with Crippen molar-refractivity contribution in [3.8, 4) is 5.75 Å². The van der Waals surface area contributed by atoms with Crippen LogP contribution in [0.5, 0.6) is 5.75 Å². The summed E-state index contributed by atoms with van der Waals surface area (Å²) < 4.78 is 28.5. The van der Waals surface area contributed by atoms with Crippen LogP contribution >= 0.6 is 11.6 Å². The molecule has 0 aliphatic rings. The molecule has 0 aromatic heterocycles. The van der Waals surface area contributed by atoms with Gasteiger partial charge < -0.3 is 10.1 Å². The first-order valence-corrected chi connectivity index (χ1v) is 6.04. The Morgan fingerprint density at radius 2 is 1.84 bits per heavy atom. The van der Waals surface area contributed by atoms with Crippen LogP contribution in [-0.4, -0.2) is 6.61 Å². The average molecular weight is 284 g/mol. The van der Waals surface area contributed by atoms with Gasteiger partial charge in [0.25, 0.3) is 0 Å². The van der Waals surface area contributed by atoms with E-state index in [1.54, 1.807) is 24.3 Å². The molecule has 0 atom stereocenters. The molecule has 5 heteroatoms. The van der Waals surface area contributed by atoms with Gasteiger partial charge in [0.1, 0.15) is 5.75 Å². The number of hydrogen-bond acceptors (Lipinski definition) is 2. The van der Waals surface area contributed by atoms with Crippen LogP contribution in [0.3, 0.4) is 0 Å². The lowest BCUT2D eigenvalue weighted by Crippen LogP contribution is -2.03. The number of anilines is 1. The van der Waals surface area contributed by atoms with Crippen molar-refractivity contribution >= 4 is 17.3 Å². The van der Waals surface area contributed by atoms with E-state index >= 15 is 0 Å². The lowest BCUT2D eigenvalue weighted by Gasteiger charge is -2.09. The fourth-order valence-corrected chi connectivity index (χ4v) is 1.71. The number of hydrogen-bond donors (Lipinski definition) is 1. The fraction of sp³-hybridized carbons (Fsp3) is 0.143. The molecular weight excluding hydrogens is 272 g/mol. The summed E-state index contributed by atoms with van der Waals surface area (Å²) in [6.07, 6.45) is 0. The Balaban J connectivity index is 1.97. The van der Waals surface area contributed by atoms with Gasteiger partial charge in [-0.1, -0.05) is 29.8 Å². The first-order valence-electron chi connectivity index (χ1n) is 5.67. The SMILES string of the molecule is FC(F)Oc1cccc(NCc2ccc(Cl)cc2)c1. The largest absolute Gasteiger partial charge is 0.435 e. The number of rotatable bonds is 5. The Morgan fingerprint density at radius 1 is 1.11 bits per heavy atom. The summed E-state index contributed by atoms with van der Waals surface area (Å²) in [5.74, 6) is 0.135. The highest BCUT2D eigenvalue weighted by atomic mass is 35.5. The van der Waals surface area contributed by atoms with Crippen LogP contribution < -0.4 is 10.1 Å². The molecular formula is C14H12ClF2NO. The third kappa shape index (κ3) is 4.41. The molecule has 100 valence electrons. The van der Waals surface area contributed by atoms with Gasteiger partial charge in [0.05, 0.1) is 0 Å². The molecule has 0 fully saturated rings. The third-order valence-electron chi connectivity index (χ3n) is 2.47. The van der Waals surface area contributed by atoms with Gasteiger partial charge in [0.15, 0.2) is 0 Å². The maximum atomic E-state index is 12.1. The van der Waals surface area contributed by atoms with Crippen LogP contribution in [0.4, 0.5) is 14.5 Å². The molecule has 0 amide bonds. The van der Waals surface area contributed by atoms with Gasteiger partial charge in [-0.3, -0.25) is 0 Å². The van der Waals surface area contributed by atoms with E-state index in [4.69, 9.17) is 11.6 Å². The molecule has 0 spiro atoms.